The molecule has 0 atom stereocenters. The van der Waals surface area contributed by atoms with Gasteiger partial charge in [0.05, 0.1) is 21.8 Å². The van der Waals surface area contributed by atoms with E-state index in [4.69, 9.17) is 4.74 Å². The van der Waals surface area contributed by atoms with Crippen molar-refractivity contribution in [3.05, 3.63) is 50.9 Å². The molecule has 0 saturated heterocycles. The molecule has 2 amide bonds. The molecule has 2 rings (SSSR count). The average Bonchev–Trinajstić information content (AvgIpc) is 2.99. The van der Waals surface area contributed by atoms with Crippen molar-refractivity contribution in [2.24, 2.45) is 0 Å². The maximum absolute atomic E-state index is 12.7. The van der Waals surface area contributed by atoms with E-state index in [1.807, 2.05) is 0 Å². The third kappa shape index (κ3) is 5.61. The first-order valence-corrected chi connectivity index (χ1v) is 8.72. The number of benzene rings is 1. The van der Waals surface area contributed by atoms with Crippen LogP contribution in [-0.2, 0) is 4.79 Å². The highest BCUT2D eigenvalue weighted by molar-refractivity contribution is 9.11. The lowest BCUT2D eigenvalue weighted by atomic mass is 10.3. The van der Waals surface area contributed by atoms with Crippen molar-refractivity contribution in [1.29, 1.82) is 0 Å². The minimum atomic E-state index is -0.332. The standard InChI is InChI=1S/C16H16BrFN2O3S/c1-20(16(22)13-6-7-14(17)24-13)10-15(21)19-8-9-23-12-4-2-11(18)3-5-12/h2-7H,8-10H2,1H3,(H,19,21). The molecule has 1 aromatic heterocycles. The van der Waals surface area contributed by atoms with E-state index in [1.54, 1.807) is 19.2 Å². The van der Waals surface area contributed by atoms with Crippen molar-refractivity contribution in [3.63, 3.8) is 0 Å². The van der Waals surface area contributed by atoms with Gasteiger partial charge in [0.15, 0.2) is 0 Å². The molecule has 0 bridgehead atoms. The first kappa shape index (κ1) is 18.4. The third-order valence-corrected chi connectivity index (χ3v) is 4.63. The number of nitrogens with one attached hydrogen (secondary N) is 1. The largest absolute Gasteiger partial charge is 0.492 e. The first-order valence-electron chi connectivity index (χ1n) is 7.11. The summed E-state index contributed by atoms with van der Waals surface area (Å²) >= 11 is 4.62. The van der Waals surface area contributed by atoms with Crippen LogP contribution in [0.3, 0.4) is 0 Å². The Hall–Kier alpha value is -1.93. The molecule has 0 spiro atoms. The maximum Gasteiger partial charge on any atom is 0.264 e. The fourth-order valence-electron chi connectivity index (χ4n) is 1.85. The van der Waals surface area contributed by atoms with Crippen LogP contribution in [0.25, 0.3) is 0 Å². The molecule has 1 heterocycles. The van der Waals surface area contributed by atoms with E-state index >= 15 is 0 Å². The summed E-state index contributed by atoms with van der Waals surface area (Å²) in [6, 6.07) is 9.14. The molecular formula is C16H16BrFN2O3S. The van der Waals surface area contributed by atoms with Gasteiger partial charge in [-0.2, -0.15) is 0 Å². The van der Waals surface area contributed by atoms with Gasteiger partial charge in [0.25, 0.3) is 5.91 Å². The minimum absolute atomic E-state index is 0.0368. The number of hydrogen-bond acceptors (Lipinski definition) is 4. The zero-order valence-corrected chi connectivity index (χ0v) is 15.3. The van der Waals surface area contributed by atoms with Gasteiger partial charge < -0.3 is 15.0 Å². The van der Waals surface area contributed by atoms with E-state index in [-0.39, 0.29) is 30.8 Å². The predicted octanol–water partition coefficient (Wildman–Crippen LogP) is 2.92. The van der Waals surface area contributed by atoms with Crippen molar-refractivity contribution < 1.29 is 18.7 Å². The molecule has 24 heavy (non-hydrogen) atoms. The van der Waals surface area contributed by atoms with E-state index in [9.17, 15) is 14.0 Å². The maximum atomic E-state index is 12.7. The Labute approximate surface area is 151 Å². The number of thiophene rings is 1. The molecular weight excluding hydrogens is 399 g/mol. The lowest BCUT2D eigenvalue weighted by Gasteiger charge is -2.16. The minimum Gasteiger partial charge on any atom is -0.492 e. The van der Waals surface area contributed by atoms with E-state index in [1.165, 1.54) is 40.5 Å². The summed E-state index contributed by atoms with van der Waals surface area (Å²) in [5, 5.41) is 2.67. The molecule has 2 aromatic rings. The number of ether oxygens (including phenoxy) is 1. The Morgan fingerprint density at radius 2 is 1.96 bits per heavy atom. The van der Waals surface area contributed by atoms with Crippen LogP contribution in [0.15, 0.2) is 40.2 Å². The second-order valence-corrected chi connectivity index (χ2v) is 7.38. The summed E-state index contributed by atoms with van der Waals surface area (Å²) in [5.41, 5.74) is 0. The van der Waals surface area contributed by atoms with E-state index in [0.717, 1.165) is 3.79 Å². The Kier molecular flexibility index (Phi) is 6.74. The van der Waals surface area contributed by atoms with Crippen LogP contribution in [0.5, 0.6) is 5.75 Å². The molecule has 5 nitrogen and oxygen atoms in total. The van der Waals surface area contributed by atoms with Gasteiger partial charge in [0, 0.05) is 7.05 Å². The molecule has 128 valence electrons. The van der Waals surface area contributed by atoms with Gasteiger partial charge in [-0.3, -0.25) is 9.59 Å². The quantitative estimate of drug-likeness (QED) is 0.708. The number of nitrogens with zero attached hydrogens (tertiary/aromatic N) is 1. The smallest absolute Gasteiger partial charge is 0.264 e. The Bertz CT molecular complexity index is 706. The number of hydrogen-bond donors (Lipinski definition) is 1. The molecule has 0 radical (unpaired) electrons. The van der Waals surface area contributed by atoms with Crippen molar-refractivity contribution in [1.82, 2.24) is 10.2 Å². The third-order valence-electron chi connectivity index (χ3n) is 3.02. The van der Waals surface area contributed by atoms with E-state index in [0.29, 0.717) is 17.2 Å². The van der Waals surface area contributed by atoms with Crippen LogP contribution in [-0.4, -0.2) is 43.5 Å². The molecule has 8 heteroatoms. The molecule has 0 aliphatic heterocycles. The number of rotatable bonds is 7. The Morgan fingerprint density at radius 1 is 1.25 bits per heavy atom. The number of likely N-dealkylation sites (N-methyl/N-ethyl adjacent to an activating group) is 1. The van der Waals surface area contributed by atoms with Gasteiger partial charge in [-0.25, -0.2) is 4.39 Å². The van der Waals surface area contributed by atoms with Crippen molar-refractivity contribution in [2.45, 2.75) is 0 Å². The highest BCUT2D eigenvalue weighted by Crippen LogP contribution is 2.22. The number of carbonyl (C=O) groups is 2. The van der Waals surface area contributed by atoms with E-state index < -0.39 is 0 Å². The number of halogens is 2. The van der Waals surface area contributed by atoms with Crippen LogP contribution in [0.1, 0.15) is 9.67 Å². The van der Waals surface area contributed by atoms with Crippen LogP contribution in [0.2, 0.25) is 0 Å². The fraction of sp³-hybridized carbons (Fsp3) is 0.250. The molecule has 1 aromatic carbocycles. The highest BCUT2D eigenvalue weighted by atomic mass is 79.9. The molecule has 1 N–H and O–H groups in total. The van der Waals surface area contributed by atoms with Crippen molar-refractivity contribution in [2.75, 3.05) is 26.7 Å². The van der Waals surface area contributed by atoms with E-state index in [2.05, 4.69) is 21.2 Å². The molecule has 0 fully saturated rings. The molecule has 0 aliphatic carbocycles. The SMILES string of the molecule is CN(CC(=O)NCCOc1ccc(F)cc1)C(=O)c1ccc(Br)s1. The lowest BCUT2D eigenvalue weighted by molar-refractivity contribution is -0.121. The predicted molar refractivity (Wildman–Crippen MR) is 93.9 cm³/mol. The van der Waals surface area contributed by atoms with Crippen LogP contribution in [0.4, 0.5) is 4.39 Å². The van der Waals surface area contributed by atoms with Crippen molar-refractivity contribution in [3.8, 4) is 5.75 Å². The number of amides is 2. The molecule has 0 unspecified atom stereocenters. The second-order valence-electron chi connectivity index (χ2n) is 4.92. The topological polar surface area (TPSA) is 58.6 Å². The monoisotopic (exact) mass is 414 g/mol. The Balaban J connectivity index is 1.69. The lowest BCUT2D eigenvalue weighted by Crippen LogP contribution is -2.39. The zero-order valence-electron chi connectivity index (χ0n) is 12.9. The Morgan fingerprint density at radius 3 is 2.58 bits per heavy atom. The molecule has 0 aliphatic rings. The van der Waals surface area contributed by atoms with Crippen LogP contribution in [0, 0.1) is 5.82 Å². The van der Waals surface area contributed by atoms with Crippen LogP contribution < -0.4 is 10.1 Å². The highest BCUT2D eigenvalue weighted by Gasteiger charge is 2.16. The summed E-state index contributed by atoms with van der Waals surface area (Å²) in [6.07, 6.45) is 0. The number of carbonyl (C=O) groups excluding carboxylic acids is 2. The molecule has 0 saturated carbocycles. The first-order chi connectivity index (χ1) is 11.5. The van der Waals surface area contributed by atoms with Gasteiger partial charge in [-0.15, -0.1) is 11.3 Å². The second kappa shape index (κ2) is 8.79. The van der Waals surface area contributed by atoms with Crippen molar-refractivity contribution >= 4 is 39.1 Å². The summed E-state index contributed by atoms with van der Waals surface area (Å²) in [7, 11) is 1.57. The normalized spacial score (nSPS) is 10.3. The van der Waals surface area contributed by atoms with Gasteiger partial charge in [0.1, 0.15) is 18.2 Å². The summed E-state index contributed by atoms with van der Waals surface area (Å²) in [5.74, 6) is -0.282. The summed E-state index contributed by atoms with van der Waals surface area (Å²) in [4.78, 5) is 25.9. The van der Waals surface area contributed by atoms with Gasteiger partial charge in [-0.1, -0.05) is 0 Å². The van der Waals surface area contributed by atoms with Gasteiger partial charge in [0.2, 0.25) is 5.91 Å². The van der Waals surface area contributed by atoms with Crippen LogP contribution >= 0.6 is 27.3 Å². The van der Waals surface area contributed by atoms with Gasteiger partial charge in [-0.05, 0) is 52.3 Å². The summed E-state index contributed by atoms with van der Waals surface area (Å²) < 4.78 is 19.0. The van der Waals surface area contributed by atoms with Gasteiger partial charge >= 0.3 is 0 Å². The average molecular weight is 415 g/mol. The fourth-order valence-corrected chi connectivity index (χ4v) is 3.23. The zero-order chi connectivity index (χ0) is 17.5. The summed E-state index contributed by atoms with van der Waals surface area (Å²) in [6.45, 7) is 0.514.